The van der Waals surface area contributed by atoms with Crippen molar-refractivity contribution in [1.82, 2.24) is 5.32 Å². The Hall–Kier alpha value is -1.27. The number of hydrogen-bond donors (Lipinski definition) is 2. The molecule has 1 unspecified atom stereocenters. The van der Waals surface area contributed by atoms with Gasteiger partial charge in [0.15, 0.2) is 6.04 Å². The summed E-state index contributed by atoms with van der Waals surface area (Å²) in [6.07, 6.45) is -0.778. The molecule has 0 radical (unpaired) electrons. The second-order valence-electron chi connectivity index (χ2n) is 4.58. The highest BCUT2D eigenvalue weighted by molar-refractivity contribution is 7.10. The van der Waals surface area contributed by atoms with Crippen LogP contribution in [0.4, 0.5) is 4.79 Å². The number of hydrogen-bond acceptors (Lipinski definition) is 4. The van der Waals surface area contributed by atoms with Gasteiger partial charge in [0, 0.05) is 10.3 Å². The van der Waals surface area contributed by atoms with Crippen molar-refractivity contribution in [2.75, 3.05) is 0 Å². The first kappa shape index (κ1) is 14.8. The first-order chi connectivity index (χ1) is 8.19. The number of aliphatic carboxylic acids is 1. The van der Waals surface area contributed by atoms with Gasteiger partial charge in [0.1, 0.15) is 5.60 Å². The minimum absolute atomic E-state index is 0.437. The Labute approximate surface area is 114 Å². The lowest BCUT2D eigenvalue weighted by Crippen LogP contribution is -2.37. The maximum absolute atomic E-state index is 11.5. The van der Waals surface area contributed by atoms with E-state index in [0.717, 1.165) is 11.3 Å². The highest BCUT2D eigenvalue weighted by Crippen LogP contribution is 2.25. The molecule has 0 saturated carbocycles. The Morgan fingerprint density at radius 3 is 2.50 bits per heavy atom. The van der Waals surface area contributed by atoms with Crippen LogP contribution in [0.15, 0.2) is 11.4 Å². The summed E-state index contributed by atoms with van der Waals surface area (Å²) >= 11 is 6.89. The summed E-state index contributed by atoms with van der Waals surface area (Å²) in [5, 5.41) is 13.4. The Kier molecular flexibility index (Phi) is 4.59. The lowest BCUT2D eigenvalue weighted by Gasteiger charge is -2.21. The van der Waals surface area contributed by atoms with Crippen LogP contribution in [0.2, 0.25) is 5.02 Å². The lowest BCUT2D eigenvalue weighted by molar-refractivity contribution is -0.139. The molecule has 5 nitrogen and oxygen atoms in total. The van der Waals surface area contributed by atoms with Crippen LogP contribution in [0, 0.1) is 0 Å². The topological polar surface area (TPSA) is 75.6 Å². The minimum atomic E-state index is -1.17. The van der Waals surface area contributed by atoms with Gasteiger partial charge in [-0.25, -0.2) is 9.59 Å². The molecular formula is C11H14ClNO4S. The van der Waals surface area contributed by atoms with Crippen molar-refractivity contribution in [2.24, 2.45) is 0 Å². The molecule has 0 aliphatic carbocycles. The van der Waals surface area contributed by atoms with Crippen LogP contribution in [0.1, 0.15) is 31.7 Å². The Morgan fingerprint density at radius 1 is 1.50 bits per heavy atom. The van der Waals surface area contributed by atoms with E-state index in [4.69, 9.17) is 21.4 Å². The SMILES string of the molecule is CC(C)(C)OC(=O)NC(C(=O)O)c1cc(Cl)cs1. The second kappa shape index (κ2) is 5.58. The van der Waals surface area contributed by atoms with Gasteiger partial charge in [0.05, 0.1) is 5.02 Å². The summed E-state index contributed by atoms with van der Waals surface area (Å²) < 4.78 is 5.00. The maximum Gasteiger partial charge on any atom is 0.408 e. The van der Waals surface area contributed by atoms with Gasteiger partial charge in [-0.3, -0.25) is 0 Å². The number of carboxylic acid groups (broad SMARTS) is 1. The van der Waals surface area contributed by atoms with Crippen LogP contribution in [-0.4, -0.2) is 22.8 Å². The smallest absolute Gasteiger partial charge is 0.408 e. The number of rotatable bonds is 3. The second-order valence-corrected chi connectivity index (χ2v) is 5.96. The summed E-state index contributed by atoms with van der Waals surface area (Å²) in [5.74, 6) is -1.17. The number of ether oxygens (including phenoxy) is 1. The number of nitrogens with one attached hydrogen (secondary N) is 1. The monoisotopic (exact) mass is 291 g/mol. The Balaban J connectivity index is 2.76. The highest BCUT2D eigenvalue weighted by atomic mass is 35.5. The zero-order valence-electron chi connectivity index (χ0n) is 10.2. The summed E-state index contributed by atoms with van der Waals surface area (Å²) in [6, 6.07) is 0.347. The minimum Gasteiger partial charge on any atom is -0.479 e. The largest absolute Gasteiger partial charge is 0.479 e. The summed E-state index contributed by atoms with van der Waals surface area (Å²) in [4.78, 5) is 23.1. The van der Waals surface area contributed by atoms with Gasteiger partial charge in [-0.15, -0.1) is 11.3 Å². The molecule has 1 atom stereocenters. The average molecular weight is 292 g/mol. The number of carbonyl (C=O) groups excluding carboxylic acids is 1. The Morgan fingerprint density at radius 2 is 2.11 bits per heavy atom. The molecule has 2 N–H and O–H groups in total. The maximum atomic E-state index is 11.5. The van der Waals surface area contributed by atoms with Gasteiger partial charge in [-0.1, -0.05) is 11.6 Å². The Bertz CT molecular complexity index is 452. The summed E-state index contributed by atoms with van der Waals surface area (Å²) in [6.45, 7) is 5.10. The van der Waals surface area contributed by atoms with Crippen molar-refractivity contribution in [3.63, 3.8) is 0 Å². The van der Waals surface area contributed by atoms with Crippen molar-refractivity contribution < 1.29 is 19.4 Å². The first-order valence-electron chi connectivity index (χ1n) is 5.15. The number of halogens is 1. The van der Waals surface area contributed by atoms with Gasteiger partial charge < -0.3 is 15.2 Å². The van der Waals surface area contributed by atoms with Crippen LogP contribution in [-0.2, 0) is 9.53 Å². The third kappa shape index (κ3) is 4.54. The molecule has 7 heteroatoms. The number of amides is 1. The molecule has 1 aromatic heterocycles. The molecule has 0 bridgehead atoms. The quantitative estimate of drug-likeness (QED) is 0.897. The van der Waals surface area contributed by atoms with Crippen molar-refractivity contribution in [3.05, 3.63) is 21.3 Å². The fraction of sp³-hybridized carbons (Fsp3) is 0.455. The molecule has 1 amide bonds. The van der Waals surface area contributed by atoms with Crippen LogP contribution in [0.25, 0.3) is 0 Å². The van der Waals surface area contributed by atoms with E-state index in [9.17, 15) is 9.59 Å². The molecule has 0 aromatic carbocycles. The summed E-state index contributed by atoms with van der Waals surface area (Å²) in [5.41, 5.74) is -0.680. The molecule has 1 heterocycles. The van der Waals surface area contributed by atoms with E-state index in [0.29, 0.717) is 9.90 Å². The molecule has 1 aromatic rings. The number of alkyl carbamates (subject to hydrolysis) is 1. The fourth-order valence-electron chi connectivity index (χ4n) is 1.16. The van der Waals surface area contributed by atoms with Gasteiger partial charge >= 0.3 is 12.1 Å². The van der Waals surface area contributed by atoms with E-state index in [-0.39, 0.29) is 0 Å². The van der Waals surface area contributed by atoms with Crippen molar-refractivity contribution in [3.8, 4) is 0 Å². The van der Waals surface area contributed by atoms with E-state index in [1.54, 1.807) is 26.2 Å². The highest BCUT2D eigenvalue weighted by Gasteiger charge is 2.26. The van der Waals surface area contributed by atoms with Crippen LogP contribution in [0.3, 0.4) is 0 Å². The molecule has 0 saturated heterocycles. The molecule has 0 aliphatic rings. The van der Waals surface area contributed by atoms with Crippen molar-refractivity contribution in [2.45, 2.75) is 32.4 Å². The van der Waals surface area contributed by atoms with E-state index >= 15 is 0 Å². The number of carbonyl (C=O) groups is 2. The average Bonchev–Trinajstić information content (AvgIpc) is 2.57. The fourth-order valence-corrected chi connectivity index (χ4v) is 2.28. The molecule has 100 valence electrons. The zero-order valence-corrected chi connectivity index (χ0v) is 11.8. The number of thiophene rings is 1. The predicted molar refractivity (Wildman–Crippen MR) is 69.1 cm³/mol. The molecule has 0 spiro atoms. The van der Waals surface area contributed by atoms with E-state index < -0.39 is 23.7 Å². The zero-order chi connectivity index (χ0) is 13.9. The number of carboxylic acids is 1. The molecule has 18 heavy (non-hydrogen) atoms. The summed E-state index contributed by atoms with van der Waals surface area (Å²) in [7, 11) is 0. The first-order valence-corrected chi connectivity index (χ1v) is 6.41. The molecule has 0 aliphatic heterocycles. The van der Waals surface area contributed by atoms with E-state index in [2.05, 4.69) is 5.32 Å². The molecule has 0 fully saturated rings. The van der Waals surface area contributed by atoms with Gasteiger partial charge in [-0.05, 0) is 26.8 Å². The standard InChI is InChI=1S/C11H14ClNO4S/c1-11(2,3)17-10(16)13-8(9(14)15)7-4-6(12)5-18-7/h4-5,8H,1-3H3,(H,13,16)(H,14,15). The molecular weight excluding hydrogens is 278 g/mol. The third-order valence-electron chi connectivity index (χ3n) is 1.78. The molecule has 1 rings (SSSR count). The van der Waals surface area contributed by atoms with E-state index in [1.165, 1.54) is 6.07 Å². The van der Waals surface area contributed by atoms with E-state index in [1.807, 2.05) is 0 Å². The van der Waals surface area contributed by atoms with Crippen molar-refractivity contribution in [1.29, 1.82) is 0 Å². The lowest BCUT2D eigenvalue weighted by atomic mass is 10.2. The van der Waals surface area contributed by atoms with Crippen LogP contribution in [0.5, 0.6) is 0 Å². The van der Waals surface area contributed by atoms with Crippen LogP contribution < -0.4 is 5.32 Å². The van der Waals surface area contributed by atoms with Crippen molar-refractivity contribution >= 4 is 35.0 Å². The van der Waals surface area contributed by atoms with Crippen LogP contribution >= 0.6 is 22.9 Å². The predicted octanol–water partition coefficient (Wildman–Crippen LogP) is 3.05. The van der Waals surface area contributed by atoms with Gasteiger partial charge in [-0.2, -0.15) is 0 Å². The van der Waals surface area contributed by atoms with Gasteiger partial charge in [0.2, 0.25) is 0 Å². The normalized spacial score (nSPS) is 12.9. The third-order valence-corrected chi connectivity index (χ3v) is 3.13. The van der Waals surface area contributed by atoms with Gasteiger partial charge in [0.25, 0.3) is 0 Å².